The maximum absolute atomic E-state index is 13.7. The van der Waals surface area contributed by atoms with Crippen molar-refractivity contribution in [1.29, 1.82) is 0 Å². The number of carbonyl (C=O) groups is 3. The predicted octanol–water partition coefficient (Wildman–Crippen LogP) is 2.37. The molecule has 11 heteroatoms. The van der Waals surface area contributed by atoms with Gasteiger partial charge in [0, 0.05) is 18.3 Å². The molecule has 3 aliphatic rings. The van der Waals surface area contributed by atoms with Crippen LogP contribution in [-0.4, -0.2) is 74.4 Å². The lowest BCUT2D eigenvalue weighted by Gasteiger charge is -2.34. The Morgan fingerprint density at radius 2 is 2.06 bits per heavy atom. The summed E-state index contributed by atoms with van der Waals surface area (Å²) in [5, 5.41) is 10.7. The Hall–Kier alpha value is -2.43. The van der Waals surface area contributed by atoms with Crippen LogP contribution in [-0.2, 0) is 14.3 Å². The highest BCUT2D eigenvalue weighted by Gasteiger charge is 2.53. The van der Waals surface area contributed by atoms with Gasteiger partial charge in [-0.15, -0.1) is 22.9 Å². The van der Waals surface area contributed by atoms with Gasteiger partial charge in [-0.3, -0.25) is 14.4 Å². The third kappa shape index (κ3) is 4.46. The molecule has 9 nitrogen and oxygen atoms in total. The summed E-state index contributed by atoms with van der Waals surface area (Å²) in [7, 11) is 0. The molecule has 0 bridgehead atoms. The number of carbonyl (C=O) groups excluding carboxylic acids is 3. The minimum absolute atomic E-state index is 0.00179. The van der Waals surface area contributed by atoms with Gasteiger partial charge < -0.3 is 15.0 Å². The number of Topliss-reactive ketones (excluding diaryl/α,β-unsaturated/α-hetero) is 1. The zero-order valence-electron chi connectivity index (χ0n) is 18.8. The molecule has 0 spiro atoms. The first-order valence-electron chi connectivity index (χ1n) is 11.6. The first-order valence-corrected chi connectivity index (χ1v) is 12.8. The number of hydrogen-bond donors (Lipinski definition) is 1. The largest absolute Gasteiger partial charge is 0.366 e. The molecule has 4 heterocycles. The molecule has 3 fully saturated rings. The molecule has 2 amide bonds. The van der Waals surface area contributed by atoms with Crippen molar-refractivity contribution in [2.75, 3.05) is 13.2 Å². The highest BCUT2D eigenvalue weighted by Crippen LogP contribution is 2.34. The molecule has 2 aromatic rings. The van der Waals surface area contributed by atoms with Crippen molar-refractivity contribution in [3.63, 3.8) is 0 Å². The number of nitrogens with zero attached hydrogens (tertiary/aromatic N) is 4. The number of likely N-dealkylation sites (tertiary alicyclic amines) is 1. The molecule has 1 unspecified atom stereocenters. The zero-order chi connectivity index (χ0) is 23.8. The summed E-state index contributed by atoms with van der Waals surface area (Å²) < 4.78 is 5.53. The molecule has 1 aliphatic carbocycles. The normalized spacial score (nSPS) is 25.9. The summed E-state index contributed by atoms with van der Waals surface area (Å²) >= 11 is 7.65. The number of halogens is 1. The Bertz CT molecular complexity index is 1100. The number of nitrogens with one attached hydrogen (secondary N) is 1. The van der Waals surface area contributed by atoms with Crippen LogP contribution in [0.1, 0.15) is 47.6 Å². The fraction of sp³-hybridized carbons (Fsp3) is 0.565. The predicted molar refractivity (Wildman–Crippen MR) is 126 cm³/mol. The lowest BCUT2D eigenvalue weighted by atomic mass is 9.83. The van der Waals surface area contributed by atoms with Crippen LogP contribution in [0, 0.1) is 12.8 Å². The van der Waals surface area contributed by atoms with E-state index >= 15 is 0 Å². The number of thiazole rings is 1. The molecule has 34 heavy (non-hydrogen) atoms. The van der Waals surface area contributed by atoms with Gasteiger partial charge in [-0.05, 0) is 31.7 Å². The number of amides is 2. The molecule has 1 saturated carbocycles. The quantitative estimate of drug-likeness (QED) is 0.623. The molecule has 2 saturated heterocycles. The second kappa shape index (κ2) is 9.67. The zero-order valence-corrected chi connectivity index (χ0v) is 20.3. The van der Waals surface area contributed by atoms with Crippen molar-refractivity contribution in [2.45, 2.75) is 62.6 Å². The van der Waals surface area contributed by atoms with E-state index in [4.69, 9.17) is 16.3 Å². The van der Waals surface area contributed by atoms with E-state index in [0.29, 0.717) is 0 Å². The Balaban J connectivity index is 1.37. The molecular formula is C23H26ClN5O4S. The van der Waals surface area contributed by atoms with E-state index in [-0.39, 0.29) is 35.8 Å². The number of fused-ring (bicyclic) bond motifs is 1. The van der Waals surface area contributed by atoms with E-state index < -0.39 is 29.5 Å². The van der Waals surface area contributed by atoms with Crippen LogP contribution in [0.3, 0.4) is 0 Å². The summed E-state index contributed by atoms with van der Waals surface area (Å²) in [4.78, 5) is 46.0. The minimum Gasteiger partial charge on any atom is -0.366 e. The van der Waals surface area contributed by atoms with Gasteiger partial charge in [0.2, 0.25) is 5.91 Å². The molecule has 2 aromatic heterocycles. The number of aryl methyl sites for hydroxylation is 1. The van der Waals surface area contributed by atoms with Gasteiger partial charge in [0.1, 0.15) is 24.8 Å². The maximum atomic E-state index is 13.7. The van der Waals surface area contributed by atoms with Crippen molar-refractivity contribution in [3.05, 3.63) is 29.2 Å². The summed E-state index contributed by atoms with van der Waals surface area (Å²) in [6.07, 6.45) is 7.59. The first-order chi connectivity index (χ1) is 16.4. The minimum atomic E-state index is -0.735. The van der Waals surface area contributed by atoms with Crippen molar-refractivity contribution < 1.29 is 19.1 Å². The molecule has 1 N–H and O–H groups in total. The molecule has 0 radical (unpaired) electrons. The number of alkyl halides is 1. The van der Waals surface area contributed by atoms with Crippen molar-refractivity contribution in [3.8, 4) is 10.4 Å². The van der Waals surface area contributed by atoms with Gasteiger partial charge in [-0.1, -0.05) is 19.3 Å². The maximum Gasteiger partial charge on any atom is 0.280 e. The third-order valence-electron chi connectivity index (χ3n) is 6.84. The molecule has 0 aromatic carbocycles. The van der Waals surface area contributed by atoms with E-state index in [9.17, 15) is 14.4 Å². The Morgan fingerprint density at radius 1 is 1.26 bits per heavy atom. The summed E-state index contributed by atoms with van der Waals surface area (Å²) in [5.74, 6) is -0.794. The second-order valence-electron chi connectivity index (χ2n) is 9.16. The van der Waals surface area contributed by atoms with Crippen LogP contribution in [0.25, 0.3) is 10.4 Å². The lowest BCUT2D eigenvalue weighted by Crippen LogP contribution is -2.55. The highest BCUT2D eigenvalue weighted by molar-refractivity contribution is 7.17. The topological polar surface area (TPSA) is 114 Å². The number of ether oxygens (including phenoxy) is 1. The monoisotopic (exact) mass is 503 g/mol. The fourth-order valence-electron chi connectivity index (χ4n) is 5.17. The summed E-state index contributed by atoms with van der Waals surface area (Å²) in [5.41, 5.74) is 1.60. The van der Waals surface area contributed by atoms with Crippen molar-refractivity contribution in [2.24, 2.45) is 5.92 Å². The van der Waals surface area contributed by atoms with Gasteiger partial charge in [0.25, 0.3) is 5.91 Å². The average Bonchev–Trinajstić information content (AvgIpc) is 3.56. The SMILES string of the molecule is Cc1cc(-c2cnc(C(=O)NC(C(=O)N3C[C@H](Cl)[C@H]4OCC(=O)[C@H]43)C3CCCCC3)s2)cnn1. The fourth-order valence-corrected chi connectivity index (χ4v) is 6.33. The molecule has 5 rings (SSSR count). The van der Waals surface area contributed by atoms with E-state index in [0.717, 1.165) is 48.2 Å². The van der Waals surface area contributed by atoms with Gasteiger partial charge in [0.05, 0.1) is 22.1 Å². The van der Waals surface area contributed by atoms with Crippen LogP contribution in [0.5, 0.6) is 0 Å². The average molecular weight is 504 g/mol. The summed E-state index contributed by atoms with van der Waals surface area (Å²) in [6.45, 7) is 2.05. The van der Waals surface area contributed by atoms with E-state index in [1.54, 1.807) is 12.4 Å². The van der Waals surface area contributed by atoms with Crippen LogP contribution < -0.4 is 5.32 Å². The van der Waals surface area contributed by atoms with E-state index in [1.165, 1.54) is 16.2 Å². The van der Waals surface area contributed by atoms with Crippen molar-refractivity contribution in [1.82, 2.24) is 25.4 Å². The smallest absolute Gasteiger partial charge is 0.280 e. The number of hydrogen-bond acceptors (Lipinski definition) is 8. The Morgan fingerprint density at radius 3 is 2.82 bits per heavy atom. The number of aromatic nitrogens is 3. The Kier molecular flexibility index (Phi) is 6.63. The number of ketones is 1. The summed E-state index contributed by atoms with van der Waals surface area (Å²) in [6, 6.07) is 0.469. The van der Waals surface area contributed by atoms with E-state index in [1.807, 2.05) is 13.0 Å². The van der Waals surface area contributed by atoms with Crippen molar-refractivity contribution >= 4 is 40.5 Å². The Labute approximate surface area is 206 Å². The second-order valence-corrected chi connectivity index (χ2v) is 10.7. The van der Waals surface area contributed by atoms with E-state index in [2.05, 4.69) is 20.5 Å². The van der Waals surface area contributed by atoms with Gasteiger partial charge in [-0.25, -0.2) is 4.98 Å². The number of rotatable bonds is 5. The third-order valence-corrected chi connectivity index (χ3v) is 8.27. The van der Waals surface area contributed by atoms with Gasteiger partial charge in [0.15, 0.2) is 10.8 Å². The highest BCUT2D eigenvalue weighted by atomic mass is 35.5. The first kappa shape index (κ1) is 23.3. The lowest BCUT2D eigenvalue weighted by molar-refractivity contribution is -0.139. The van der Waals surface area contributed by atoms with Crippen LogP contribution in [0.2, 0.25) is 0 Å². The molecule has 2 aliphatic heterocycles. The van der Waals surface area contributed by atoms with Gasteiger partial charge in [-0.2, -0.15) is 10.2 Å². The molecule has 4 atom stereocenters. The molecule has 180 valence electrons. The van der Waals surface area contributed by atoms with Gasteiger partial charge >= 0.3 is 0 Å². The van der Waals surface area contributed by atoms with Crippen LogP contribution >= 0.6 is 22.9 Å². The standard InChI is InChI=1S/C23H26ClN5O4S/c1-12-7-14(8-26-28-12)17-9-25-22(34-17)21(31)27-18(13-5-3-2-4-6-13)23(32)29-10-15(24)20-19(29)16(30)11-33-20/h7-9,13,15,18-20H,2-6,10-11H2,1H3,(H,27,31)/t15-,18?,19+,20+/m0/s1. The van der Waals surface area contributed by atoms with Crippen LogP contribution in [0.4, 0.5) is 0 Å². The van der Waals surface area contributed by atoms with Crippen LogP contribution in [0.15, 0.2) is 18.5 Å². The molecular weight excluding hydrogens is 478 g/mol.